The summed E-state index contributed by atoms with van der Waals surface area (Å²) in [4.78, 5) is 25.5. The molecule has 3 rings (SSSR count). The zero-order valence-corrected chi connectivity index (χ0v) is 18.8. The van der Waals surface area contributed by atoms with Gasteiger partial charge in [0, 0.05) is 17.8 Å². The van der Waals surface area contributed by atoms with Gasteiger partial charge in [0.2, 0.25) is 5.91 Å². The first kappa shape index (κ1) is 22.0. The standard InChI is InChI=1S/C21H24N4O3S2/c1-4-25-17(12-15-9-7-6-8-10-15)23-24-21(25)29-13-18(26)22-19-16(11-14(3)30-19)20(27)28-5-2/h6-11H,4-5,12-13H2,1-3H3,(H,22,26). The maximum Gasteiger partial charge on any atom is 0.341 e. The van der Waals surface area contributed by atoms with E-state index < -0.39 is 5.97 Å². The molecule has 0 aliphatic rings. The number of rotatable bonds is 9. The minimum absolute atomic E-state index is 0.169. The quantitative estimate of drug-likeness (QED) is 0.394. The summed E-state index contributed by atoms with van der Waals surface area (Å²) in [6, 6.07) is 11.8. The second-order valence-electron chi connectivity index (χ2n) is 6.46. The Morgan fingerprint density at radius 3 is 2.67 bits per heavy atom. The van der Waals surface area contributed by atoms with E-state index >= 15 is 0 Å². The Balaban J connectivity index is 1.64. The fraction of sp³-hybridized carbons (Fsp3) is 0.333. The number of aromatic nitrogens is 3. The van der Waals surface area contributed by atoms with Gasteiger partial charge in [-0.2, -0.15) is 0 Å². The van der Waals surface area contributed by atoms with E-state index in [1.54, 1.807) is 13.0 Å². The summed E-state index contributed by atoms with van der Waals surface area (Å²) in [5.74, 6) is 0.400. The molecule has 0 radical (unpaired) electrons. The van der Waals surface area contributed by atoms with Crippen LogP contribution in [0.15, 0.2) is 41.6 Å². The molecular formula is C21H24N4O3S2. The molecule has 7 nitrogen and oxygen atoms in total. The Kier molecular flexibility index (Phi) is 7.64. The average molecular weight is 445 g/mol. The fourth-order valence-electron chi connectivity index (χ4n) is 2.91. The lowest BCUT2D eigenvalue weighted by Crippen LogP contribution is -2.16. The third-order valence-electron chi connectivity index (χ3n) is 4.25. The average Bonchev–Trinajstić information content (AvgIpc) is 3.29. The van der Waals surface area contributed by atoms with Crippen molar-refractivity contribution in [3.8, 4) is 0 Å². The van der Waals surface area contributed by atoms with E-state index in [2.05, 4.69) is 27.6 Å². The van der Waals surface area contributed by atoms with Crippen molar-refractivity contribution in [2.24, 2.45) is 0 Å². The molecule has 9 heteroatoms. The number of ether oxygens (including phenoxy) is 1. The number of anilines is 1. The molecular weight excluding hydrogens is 420 g/mol. The van der Waals surface area contributed by atoms with Crippen molar-refractivity contribution in [2.75, 3.05) is 17.7 Å². The van der Waals surface area contributed by atoms with Crippen LogP contribution < -0.4 is 5.32 Å². The van der Waals surface area contributed by atoms with Crippen LogP contribution in [-0.4, -0.2) is 39.0 Å². The van der Waals surface area contributed by atoms with E-state index in [-0.39, 0.29) is 18.3 Å². The largest absolute Gasteiger partial charge is 0.462 e. The highest BCUT2D eigenvalue weighted by molar-refractivity contribution is 7.99. The molecule has 1 aromatic carbocycles. The van der Waals surface area contributed by atoms with E-state index in [0.717, 1.165) is 22.8 Å². The maximum atomic E-state index is 12.5. The van der Waals surface area contributed by atoms with Crippen LogP contribution in [0.1, 0.15) is 40.5 Å². The van der Waals surface area contributed by atoms with Crippen molar-refractivity contribution >= 4 is 40.0 Å². The molecule has 0 fully saturated rings. The molecule has 1 N–H and O–H groups in total. The van der Waals surface area contributed by atoms with Gasteiger partial charge in [-0.1, -0.05) is 42.1 Å². The van der Waals surface area contributed by atoms with E-state index in [1.807, 2.05) is 36.6 Å². The number of nitrogens with one attached hydrogen (secondary N) is 1. The number of amides is 1. The lowest BCUT2D eigenvalue weighted by atomic mass is 10.1. The van der Waals surface area contributed by atoms with Gasteiger partial charge in [0.15, 0.2) is 5.16 Å². The third-order valence-corrected chi connectivity index (χ3v) is 6.18. The van der Waals surface area contributed by atoms with Crippen molar-refractivity contribution in [1.82, 2.24) is 14.8 Å². The number of thiophene rings is 1. The second kappa shape index (κ2) is 10.4. The molecule has 0 atom stereocenters. The summed E-state index contributed by atoms with van der Waals surface area (Å²) < 4.78 is 7.08. The number of hydrogen-bond acceptors (Lipinski definition) is 7. The van der Waals surface area contributed by atoms with Gasteiger partial charge < -0.3 is 14.6 Å². The first-order valence-corrected chi connectivity index (χ1v) is 11.5. The van der Waals surface area contributed by atoms with Crippen LogP contribution in [-0.2, 0) is 22.5 Å². The lowest BCUT2D eigenvalue weighted by molar-refractivity contribution is -0.113. The number of esters is 1. The monoisotopic (exact) mass is 444 g/mol. The summed E-state index contributed by atoms with van der Waals surface area (Å²) in [5.41, 5.74) is 1.55. The Hall–Kier alpha value is -2.65. The third kappa shape index (κ3) is 5.48. The van der Waals surface area contributed by atoms with Gasteiger partial charge in [-0.3, -0.25) is 4.79 Å². The predicted octanol–water partition coefficient (Wildman–Crippen LogP) is 4.17. The lowest BCUT2D eigenvalue weighted by Gasteiger charge is -2.08. The Labute approximate surface area is 183 Å². The first-order valence-electron chi connectivity index (χ1n) is 9.68. The van der Waals surface area contributed by atoms with Crippen LogP contribution in [0.3, 0.4) is 0 Å². The molecule has 0 saturated heterocycles. The fourth-order valence-corrected chi connectivity index (χ4v) is 4.65. The highest BCUT2D eigenvalue weighted by Crippen LogP contribution is 2.29. The zero-order valence-electron chi connectivity index (χ0n) is 17.2. The summed E-state index contributed by atoms with van der Waals surface area (Å²) >= 11 is 2.68. The molecule has 2 heterocycles. The number of thioether (sulfide) groups is 1. The topological polar surface area (TPSA) is 86.1 Å². The van der Waals surface area contributed by atoms with Crippen LogP contribution in [0.4, 0.5) is 5.00 Å². The number of carbonyl (C=O) groups excluding carboxylic acids is 2. The first-order chi connectivity index (χ1) is 14.5. The van der Waals surface area contributed by atoms with Crippen LogP contribution in [0.5, 0.6) is 0 Å². The Morgan fingerprint density at radius 2 is 1.97 bits per heavy atom. The van der Waals surface area contributed by atoms with Crippen molar-refractivity contribution in [3.05, 3.63) is 58.2 Å². The molecule has 3 aromatic rings. The number of nitrogens with zero attached hydrogens (tertiary/aromatic N) is 3. The molecule has 1 amide bonds. The van der Waals surface area contributed by atoms with Gasteiger partial charge in [0.25, 0.3) is 0 Å². The molecule has 0 aliphatic heterocycles. The van der Waals surface area contributed by atoms with E-state index in [1.165, 1.54) is 23.1 Å². The SMILES string of the molecule is CCOC(=O)c1cc(C)sc1NC(=O)CSc1nnc(Cc2ccccc2)n1CC. The Bertz CT molecular complexity index is 1010. The van der Waals surface area contributed by atoms with Gasteiger partial charge in [-0.05, 0) is 32.4 Å². The van der Waals surface area contributed by atoms with Crippen LogP contribution in [0.25, 0.3) is 0 Å². The van der Waals surface area contributed by atoms with Crippen LogP contribution in [0, 0.1) is 6.92 Å². The van der Waals surface area contributed by atoms with E-state index in [0.29, 0.717) is 22.1 Å². The molecule has 0 bridgehead atoms. The predicted molar refractivity (Wildman–Crippen MR) is 119 cm³/mol. The zero-order chi connectivity index (χ0) is 21.5. The van der Waals surface area contributed by atoms with Crippen molar-refractivity contribution in [3.63, 3.8) is 0 Å². The molecule has 0 saturated carbocycles. The van der Waals surface area contributed by atoms with Crippen molar-refractivity contribution in [2.45, 2.75) is 38.9 Å². The number of aryl methyl sites for hydroxylation is 1. The van der Waals surface area contributed by atoms with Gasteiger partial charge in [-0.15, -0.1) is 21.5 Å². The highest BCUT2D eigenvalue weighted by Gasteiger charge is 2.19. The molecule has 30 heavy (non-hydrogen) atoms. The summed E-state index contributed by atoms with van der Waals surface area (Å²) in [6.45, 7) is 6.67. The maximum absolute atomic E-state index is 12.5. The molecule has 0 spiro atoms. The summed E-state index contributed by atoms with van der Waals surface area (Å²) in [7, 11) is 0. The van der Waals surface area contributed by atoms with Crippen molar-refractivity contribution in [1.29, 1.82) is 0 Å². The number of benzene rings is 1. The normalized spacial score (nSPS) is 10.8. The van der Waals surface area contributed by atoms with Crippen molar-refractivity contribution < 1.29 is 14.3 Å². The molecule has 2 aromatic heterocycles. The number of hydrogen-bond donors (Lipinski definition) is 1. The minimum Gasteiger partial charge on any atom is -0.462 e. The number of carbonyl (C=O) groups is 2. The van der Waals surface area contributed by atoms with E-state index in [4.69, 9.17) is 4.74 Å². The van der Waals surface area contributed by atoms with Gasteiger partial charge in [0.1, 0.15) is 10.8 Å². The van der Waals surface area contributed by atoms with E-state index in [9.17, 15) is 9.59 Å². The second-order valence-corrected chi connectivity index (χ2v) is 8.66. The summed E-state index contributed by atoms with van der Waals surface area (Å²) in [5, 5.41) is 12.6. The molecule has 158 valence electrons. The van der Waals surface area contributed by atoms with Crippen LogP contribution >= 0.6 is 23.1 Å². The van der Waals surface area contributed by atoms with Gasteiger partial charge in [-0.25, -0.2) is 4.79 Å². The summed E-state index contributed by atoms with van der Waals surface area (Å²) in [6.07, 6.45) is 0.686. The minimum atomic E-state index is -0.430. The highest BCUT2D eigenvalue weighted by atomic mass is 32.2. The van der Waals surface area contributed by atoms with Gasteiger partial charge in [0.05, 0.1) is 17.9 Å². The smallest absolute Gasteiger partial charge is 0.341 e. The van der Waals surface area contributed by atoms with Crippen LogP contribution in [0.2, 0.25) is 0 Å². The van der Waals surface area contributed by atoms with Gasteiger partial charge >= 0.3 is 5.97 Å². The Morgan fingerprint density at radius 1 is 1.20 bits per heavy atom. The molecule has 0 unspecified atom stereocenters. The molecule has 0 aliphatic carbocycles.